The molecule has 3 rings (SSSR count). The van der Waals surface area contributed by atoms with Crippen molar-refractivity contribution < 1.29 is 9.50 Å². The van der Waals surface area contributed by atoms with Crippen molar-refractivity contribution in [3.8, 4) is 0 Å². The Bertz CT molecular complexity index is 603. The van der Waals surface area contributed by atoms with E-state index in [1.807, 2.05) is 6.92 Å². The molecule has 1 unspecified atom stereocenters. The lowest BCUT2D eigenvalue weighted by molar-refractivity contribution is 0.0389. The van der Waals surface area contributed by atoms with E-state index in [0.29, 0.717) is 6.42 Å². The predicted molar refractivity (Wildman–Crippen MR) is 73.5 cm³/mol. The lowest BCUT2D eigenvalue weighted by Gasteiger charge is -2.24. The van der Waals surface area contributed by atoms with Crippen LogP contribution >= 0.6 is 0 Å². The SMILES string of the molecule is Cc1ccc2c(c1)C(O)(Cc1ccc(F)cc1)CC2. The van der Waals surface area contributed by atoms with Gasteiger partial charge in [-0.1, -0.05) is 35.9 Å². The summed E-state index contributed by atoms with van der Waals surface area (Å²) < 4.78 is 12.9. The highest BCUT2D eigenvalue weighted by Crippen LogP contribution is 2.39. The van der Waals surface area contributed by atoms with Gasteiger partial charge in [0, 0.05) is 6.42 Å². The van der Waals surface area contributed by atoms with Crippen LogP contribution in [0.4, 0.5) is 4.39 Å². The van der Waals surface area contributed by atoms with Gasteiger partial charge in [-0.2, -0.15) is 0 Å². The minimum atomic E-state index is -0.806. The van der Waals surface area contributed by atoms with E-state index in [-0.39, 0.29) is 5.82 Å². The van der Waals surface area contributed by atoms with E-state index in [0.717, 1.165) is 29.5 Å². The van der Waals surface area contributed by atoms with E-state index in [9.17, 15) is 9.50 Å². The number of halogens is 1. The third-order valence-corrected chi connectivity index (χ3v) is 3.98. The zero-order valence-electron chi connectivity index (χ0n) is 11.0. The zero-order valence-corrected chi connectivity index (χ0v) is 11.0. The molecular formula is C17H17FO. The summed E-state index contributed by atoms with van der Waals surface area (Å²) in [5.74, 6) is -0.238. The summed E-state index contributed by atoms with van der Waals surface area (Å²) in [6.45, 7) is 2.04. The Hall–Kier alpha value is -1.67. The fourth-order valence-electron chi connectivity index (χ4n) is 2.94. The maximum Gasteiger partial charge on any atom is 0.123 e. The van der Waals surface area contributed by atoms with E-state index in [1.165, 1.54) is 17.7 Å². The summed E-state index contributed by atoms with van der Waals surface area (Å²) in [4.78, 5) is 0. The second kappa shape index (κ2) is 4.46. The van der Waals surface area contributed by atoms with Crippen molar-refractivity contribution in [3.63, 3.8) is 0 Å². The van der Waals surface area contributed by atoms with E-state index in [4.69, 9.17) is 0 Å². The number of hydrogen-bond acceptors (Lipinski definition) is 1. The molecule has 0 aliphatic heterocycles. The van der Waals surface area contributed by atoms with Crippen LogP contribution < -0.4 is 0 Å². The number of aryl methyl sites for hydroxylation is 2. The number of benzene rings is 2. The molecule has 2 aromatic carbocycles. The first-order chi connectivity index (χ1) is 9.07. The lowest BCUT2D eigenvalue weighted by Crippen LogP contribution is -2.25. The van der Waals surface area contributed by atoms with Gasteiger partial charge in [-0.05, 0) is 48.6 Å². The Morgan fingerprint density at radius 3 is 2.63 bits per heavy atom. The predicted octanol–water partition coefficient (Wildman–Crippen LogP) is 3.51. The Kier molecular flexibility index (Phi) is 2.90. The molecule has 0 radical (unpaired) electrons. The third kappa shape index (κ3) is 2.28. The van der Waals surface area contributed by atoms with Crippen LogP contribution in [0.5, 0.6) is 0 Å². The van der Waals surface area contributed by atoms with Crippen molar-refractivity contribution >= 4 is 0 Å². The minimum absolute atomic E-state index is 0.238. The second-order valence-electron chi connectivity index (χ2n) is 5.50. The zero-order chi connectivity index (χ0) is 13.5. The van der Waals surface area contributed by atoms with Gasteiger partial charge >= 0.3 is 0 Å². The topological polar surface area (TPSA) is 20.2 Å². The maximum absolute atomic E-state index is 12.9. The van der Waals surface area contributed by atoms with E-state index in [2.05, 4.69) is 18.2 Å². The normalized spacial score (nSPS) is 21.4. The first kappa shape index (κ1) is 12.4. The molecule has 98 valence electrons. The van der Waals surface area contributed by atoms with Crippen molar-refractivity contribution in [2.24, 2.45) is 0 Å². The molecule has 2 heteroatoms. The van der Waals surface area contributed by atoms with Gasteiger partial charge in [0.05, 0.1) is 5.60 Å². The van der Waals surface area contributed by atoms with Crippen molar-refractivity contribution in [2.75, 3.05) is 0 Å². The monoisotopic (exact) mass is 256 g/mol. The largest absolute Gasteiger partial charge is 0.385 e. The van der Waals surface area contributed by atoms with Crippen LogP contribution in [0, 0.1) is 12.7 Å². The van der Waals surface area contributed by atoms with Gasteiger partial charge in [0.2, 0.25) is 0 Å². The average Bonchev–Trinajstić information content (AvgIpc) is 2.70. The molecule has 0 saturated heterocycles. The lowest BCUT2D eigenvalue weighted by atomic mass is 9.88. The molecule has 0 aromatic heterocycles. The van der Waals surface area contributed by atoms with Crippen LogP contribution in [0.15, 0.2) is 42.5 Å². The summed E-state index contributed by atoms with van der Waals surface area (Å²) in [6, 6.07) is 12.7. The van der Waals surface area contributed by atoms with Gasteiger partial charge in [-0.25, -0.2) is 4.39 Å². The molecule has 0 spiro atoms. The van der Waals surface area contributed by atoms with Crippen LogP contribution in [0.2, 0.25) is 0 Å². The van der Waals surface area contributed by atoms with Crippen LogP contribution in [-0.2, 0) is 18.4 Å². The van der Waals surface area contributed by atoms with Crippen LogP contribution in [0.1, 0.15) is 28.7 Å². The van der Waals surface area contributed by atoms with Gasteiger partial charge in [0.1, 0.15) is 5.82 Å². The van der Waals surface area contributed by atoms with Gasteiger partial charge in [0.25, 0.3) is 0 Å². The van der Waals surface area contributed by atoms with Crippen molar-refractivity contribution in [1.29, 1.82) is 0 Å². The molecule has 0 saturated carbocycles. The van der Waals surface area contributed by atoms with Crippen molar-refractivity contribution in [1.82, 2.24) is 0 Å². The summed E-state index contributed by atoms with van der Waals surface area (Å²) >= 11 is 0. The third-order valence-electron chi connectivity index (χ3n) is 3.98. The molecule has 1 atom stereocenters. The van der Waals surface area contributed by atoms with E-state index >= 15 is 0 Å². The summed E-state index contributed by atoms with van der Waals surface area (Å²) in [5, 5.41) is 10.9. The molecule has 2 aromatic rings. The highest BCUT2D eigenvalue weighted by molar-refractivity contribution is 5.41. The smallest absolute Gasteiger partial charge is 0.123 e. The standard InChI is InChI=1S/C17H17FO/c1-12-2-5-14-8-9-17(19,16(14)10-12)11-13-3-6-15(18)7-4-13/h2-7,10,19H,8-9,11H2,1H3. The molecule has 0 fully saturated rings. The Labute approximate surface area is 112 Å². The number of rotatable bonds is 2. The molecule has 0 bridgehead atoms. The minimum Gasteiger partial charge on any atom is -0.385 e. The van der Waals surface area contributed by atoms with Gasteiger partial charge in [0.15, 0.2) is 0 Å². The highest BCUT2D eigenvalue weighted by atomic mass is 19.1. The molecular weight excluding hydrogens is 239 g/mol. The molecule has 0 amide bonds. The summed E-state index contributed by atoms with van der Waals surface area (Å²) in [7, 11) is 0. The highest BCUT2D eigenvalue weighted by Gasteiger charge is 2.36. The molecule has 1 N–H and O–H groups in total. The molecule has 19 heavy (non-hydrogen) atoms. The van der Waals surface area contributed by atoms with Crippen LogP contribution in [-0.4, -0.2) is 5.11 Å². The van der Waals surface area contributed by atoms with Gasteiger partial charge < -0.3 is 5.11 Å². The Morgan fingerprint density at radius 1 is 1.16 bits per heavy atom. The van der Waals surface area contributed by atoms with Gasteiger partial charge in [-0.15, -0.1) is 0 Å². The fraction of sp³-hybridized carbons (Fsp3) is 0.294. The fourth-order valence-corrected chi connectivity index (χ4v) is 2.94. The van der Waals surface area contributed by atoms with E-state index < -0.39 is 5.60 Å². The number of hydrogen-bond donors (Lipinski definition) is 1. The number of fused-ring (bicyclic) bond motifs is 1. The average molecular weight is 256 g/mol. The van der Waals surface area contributed by atoms with Crippen LogP contribution in [0.3, 0.4) is 0 Å². The molecule has 0 heterocycles. The Balaban J connectivity index is 1.93. The first-order valence-electron chi connectivity index (χ1n) is 6.64. The molecule has 1 nitrogen and oxygen atoms in total. The summed E-state index contributed by atoms with van der Waals surface area (Å²) in [5.41, 5.74) is 3.60. The Morgan fingerprint density at radius 2 is 1.89 bits per heavy atom. The van der Waals surface area contributed by atoms with Crippen molar-refractivity contribution in [2.45, 2.75) is 31.8 Å². The quantitative estimate of drug-likeness (QED) is 0.871. The van der Waals surface area contributed by atoms with Crippen LogP contribution in [0.25, 0.3) is 0 Å². The maximum atomic E-state index is 12.9. The van der Waals surface area contributed by atoms with Crippen molar-refractivity contribution in [3.05, 3.63) is 70.5 Å². The summed E-state index contributed by atoms with van der Waals surface area (Å²) in [6.07, 6.45) is 2.19. The van der Waals surface area contributed by atoms with Gasteiger partial charge in [-0.3, -0.25) is 0 Å². The second-order valence-corrected chi connectivity index (χ2v) is 5.50. The number of aliphatic hydroxyl groups is 1. The first-order valence-corrected chi connectivity index (χ1v) is 6.64. The molecule has 1 aliphatic carbocycles. The molecule has 1 aliphatic rings. The van der Waals surface area contributed by atoms with E-state index in [1.54, 1.807) is 12.1 Å².